The zero-order chi connectivity index (χ0) is 21.6. The van der Waals surface area contributed by atoms with Gasteiger partial charge in [-0.05, 0) is 30.5 Å². The summed E-state index contributed by atoms with van der Waals surface area (Å²) < 4.78 is 27.4. The van der Waals surface area contributed by atoms with Crippen molar-refractivity contribution in [3.63, 3.8) is 0 Å². The highest BCUT2D eigenvalue weighted by Crippen LogP contribution is 2.24. The minimum atomic E-state index is -3.95. The first-order chi connectivity index (χ1) is 14.4. The third kappa shape index (κ3) is 5.92. The van der Waals surface area contributed by atoms with Crippen LogP contribution in [0.3, 0.4) is 0 Å². The number of carbonyl (C=O) groups excluding carboxylic acids is 1. The van der Waals surface area contributed by atoms with E-state index in [-0.39, 0.29) is 16.8 Å². The summed E-state index contributed by atoms with van der Waals surface area (Å²) in [7, 11) is -3.95. The molecule has 1 atom stereocenters. The molecule has 0 aliphatic rings. The summed E-state index contributed by atoms with van der Waals surface area (Å²) in [5.41, 5.74) is 1.82. The van der Waals surface area contributed by atoms with E-state index in [4.69, 9.17) is 5.90 Å². The largest absolute Gasteiger partial charge is 0.347 e. The molecule has 0 unspecified atom stereocenters. The fourth-order valence-electron chi connectivity index (χ4n) is 2.79. The minimum Gasteiger partial charge on any atom is -0.347 e. The van der Waals surface area contributed by atoms with Gasteiger partial charge in [0, 0.05) is 29.8 Å². The van der Waals surface area contributed by atoms with Gasteiger partial charge in [0.15, 0.2) is 0 Å². The Labute approximate surface area is 183 Å². The summed E-state index contributed by atoms with van der Waals surface area (Å²) in [6.07, 6.45) is 3.93. The molecule has 3 N–H and O–H groups in total. The Kier molecular flexibility index (Phi) is 7.67. The first-order valence-electron chi connectivity index (χ1n) is 9.25. The smallest absolute Gasteiger partial charge is 0.312 e. The third-order valence-electron chi connectivity index (χ3n) is 4.39. The predicted molar refractivity (Wildman–Crippen MR) is 115 cm³/mol. The number of rotatable bonds is 10. The molecule has 2 aromatic heterocycles. The molecule has 30 heavy (non-hydrogen) atoms. The average Bonchev–Trinajstić information content (AvgIpc) is 3.44. The normalized spacial score (nSPS) is 12.6. The molecule has 0 aliphatic carbocycles. The monoisotopic (exact) mass is 466 g/mol. The number of nitrogens with zero attached hydrogens (tertiary/aromatic N) is 2. The Balaban J connectivity index is 1.73. The average molecular weight is 467 g/mol. The number of carbonyl (C=O) groups is 1. The Bertz CT molecular complexity index is 1060. The summed E-state index contributed by atoms with van der Waals surface area (Å²) >= 11 is 3.03. The number of nitrogens with two attached hydrogens (primary N) is 1. The standard InChI is InChI=1S/C19H22N4O4S3/c1-2-14-12-29-19(22-14)16(23-17(24)7-8-18-21-9-10-28-18)11-13-3-5-15(6-4-13)30(25,26)27-20/h3-6,9-10,12,16H,2,7-8,11,20H2,1H3,(H,23,24)/t16-/m0/s1. The highest BCUT2D eigenvalue weighted by atomic mass is 32.2. The van der Waals surface area contributed by atoms with Gasteiger partial charge in [0.2, 0.25) is 5.91 Å². The number of thiazole rings is 2. The molecular formula is C19H22N4O4S3. The van der Waals surface area contributed by atoms with E-state index in [0.717, 1.165) is 27.7 Å². The van der Waals surface area contributed by atoms with Crippen molar-refractivity contribution in [3.05, 3.63) is 62.5 Å². The number of aromatic nitrogens is 2. The summed E-state index contributed by atoms with van der Waals surface area (Å²) in [5.74, 6) is 4.74. The maximum Gasteiger partial charge on any atom is 0.312 e. The van der Waals surface area contributed by atoms with E-state index in [1.165, 1.54) is 34.8 Å². The molecule has 1 amide bonds. The summed E-state index contributed by atoms with van der Waals surface area (Å²) in [4.78, 5) is 21.3. The Morgan fingerprint density at radius 3 is 2.63 bits per heavy atom. The molecule has 0 fully saturated rings. The van der Waals surface area contributed by atoms with Crippen LogP contribution in [0.25, 0.3) is 0 Å². The molecule has 8 nitrogen and oxygen atoms in total. The lowest BCUT2D eigenvalue weighted by atomic mass is 10.1. The van der Waals surface area contributed by atoms with Gasteiger partial charge in [0.25, 0.3) is 0 Å². The molecule has 1 aromatic carbocycles. The van der Waals surface area contributed by atoms with Crippen molar-refractivity contribution < 1.29 is 17.5 Å². The quantitative estimate of drug-likeness (QED) is 0.440. The third-order valence-corrected chi connectivity index (χ3v) is 7.34. The molecule has 2 heterocycles. The molecule has 0 radical (unpaired) electrons. The van der Waals surface area contributed by atoms with E-state index in [2.05, 4.69) is 19.6 Å². The molecule has 0 aliphatic heterocycles. The van der Waals surface area contributed by atoms with Crippen LogP contribution in [0, 0.1) is 0 Å². The van der Waals surface area contributed by atoms with Crippen molar-refractivity contribution in [3.8, 4) is 0 Å². The number of nitrogens with one attached hydrogen (secondary N) is 1. The molecule has 0 saturated heterocycles. The van der Waals surface area contributed by atoms with Gasteiger partial charge in [0.1, 0.15) is 5.01 Å². The van der Waals surface area contributed by atoms with Gasteiger partial charge in [-0.1, -0.05) is 19.1 Å². The second kappa shape index (κ2) is 10.2. The van der Waals surface area contributed by atoms with Crippen LogP contribution in [0.5, 0.6) is 0 Å². The first kappa shape index (κ1) is 22.5. The summed E-state index contributed by atoms with van der Waals surface area (Å²) in [6.45, 7) is 2.03. The Morgan fingerprint density at radius 2 is 2.03 bits per heavy atom. The van der Waals surface area contributed by atoms with Gasteiger partial charge in [-0.2, -0.15) is 18.6 Å². The number of benzene rings is 1. The maximum atomic E-state index is 12.5. The molecule has 0 bridgehead atoms. The van der Waals surface area contributed by atoms with Crippen molar-refractivity contribution >= 4 is 38.7 Å². The van der Waals surface area contributed by atoms with Crippen molar-refractivity contribution in [1.82, 2.24) is 15.3 Å². The van der Waals surface area contributed by atoms with Gasteiger partial charge in [0.05, 0.1) is 21.6 Å². The van der Waals surface area contributed by atoms with E-state index in [0.29, 0.717) is 19.3 Å². The van der Waals surface area contributed by atoms with Crippen LogP contribution in [0.2, 0.25) is 0 Å². The van der Waals surface area contributed by atoms with Crippen molar-refractivity contribution in [1.29, 1.82) is 0 Å². The number of hydrogen-bond acceptors (Lipinski definition) is 9. The van der Waals surface area contributed by atoms with Crippen molar-refractivity contribution in [2.24, 2.45) is 5.90 Å². The molecule has 3 rings (SSSR count). The number of hydrogen-bond donors (Lipinski definition) is 2. The van der Waals surface area contributed by atoms with E-state index in [9.17, 15) is 13.2 Å². The van der Waals surface area contributed by atoms with Crippen LogP contribution >= 0.6 is 22.7 Å². The van der Waals surface area contributed by atoms with Crippen LogP contribution < -0.4 is 11.2 Å². The second-order valence-corrected chi connectivity index (χ2v) is 9.92. The van der Waals surface area contributed by atoms with E-state index in [1.54, 1.807) is 18.3 Å². The van der Waals surface area contributed by atoms with Crippen LogP contribution in [0.15, 0.2) is 46.1 Å². The molecule has 160 valence electrons. The van der Waals surface area contributed by atoms with Gasteiger partial charge in [-0.25, -0.2) is 9.97 Å². The minimum absolute atomic E-state index is 0.0275. The van der Waals surface area contributed by atoms with Gasteiger partial charge in [-0.15, -0.1) is 22.7 Å². The lowest BCUT2D eigenvalue weighted by Crippen LogP contribution is -2.30. The topological polar surface area (TPSA) is 124 Å². The molecule has 3 aromatic rings. The highest BCUT2D eigenvalue weighted by molar-refractivity contribution is 7.86. The molecule has 0 saturated carbocycles. The molecule has 11 heteroatoms. The Morgan fingerprint density at radius 1 is 1.27 bits per heavy atom. The van der Waals surface area contributed by atoms with Crippen LogP contribution in [0.1, 0.15) is 40.7 Å². The predicted octanol–water partition coefficient (Wildman–Crippen LogP) is 2.77. The lowest BCUT2D eigenvalue weighted by molar-refractivity contribution is -0.121. The van der Waals surface area contributed by atoms with Gasteiger partial charge in [-0.3, -0.25) is 4.79 Å². The van der Waals surface area contributed by atoms with Gasteiger partial charge >= 0.3 is 10.1 Å². The van der Waals surface area contributed by atoms with Crippen LogP contribution in [-0.4, -0.2) is 24.3 Å². The molecule has 0 spiro atoms. The Hall–Kier alpha value is -2.18. The zero-order valence-corrected chi connectivity index (χ0v) is 18.7. The zero-order valence-electron chi connectivity index (χ0n) is 16.3. The maximum absolute atomic E-state index is 12.5. The number of aryl methyl sites for hydroxylation is 2. The highest BCUT2D eigenvalue weighted by Gasteiger charge is 2.20. The van der Waals surface area contributed by atoms with E-state index in [1.807, 2.05) is 17.7 Å². The first-order valence-corrected chi connectivity index (χ1v) is 12.4. The second-order valence-electron chi connectivity index (χ2n) is 6.48. The summed E-state index contributed by atoms with van der Waals surface area (Å²) in [6, 6.07) is 5.90. The van der Waals surface area contributed by atoms with Crippen molar-refractivity contribution in [2.75, 3.05) is 0 Å². The lowest BCUT2D eigenvalue weighted by Gasteiger charge is -2.17. The molecular weight excluding hydrogens is 444 g/mol. The van der Waals surface area contributed by atoms with Crippen molar-refractivity contribution in [2.45, 2.75) is 43.5 Å². The summed E-state index contributed by atoms with van der Waals surface area (Å²) in [5, 5.41) is 8.67. The SMILES string of the molecule is CCc1csc([C@H](Cc2ccc(S(=O)(=O)ON)cc2)NC(=O)CCc2nccs2)n1. The van der Waals surface area contributed by atoms with E-state index < -0.39 is 10.1 Å². The van der Waals surface area contributed by atoms with Gasteiger partial charge < -0.3 is 5.32 Å². The fraction of sp³-hybridized carbons (Fsp3) is 0.316. The van der Waals surface area contributed by atoms with Crippen LogP contribution in [0.4, 0.5) is 0 Å². The van der Waals surface area contributed by atoms with Crippen LogP contribution in [-0.2, 0) is 38.5 Å². The number of amides is 1. The fourth-order valence-corrected chi connectivity index (χ4v) is 4.95. The van der Waals surface area contributed by atoms with E-state index >= 15 is 0 Å².